The Morgan fingerprint density at radius 3 is 2.31 bits per heavy atom. The Labute approximate surface area is 163 Å². The van der Waals surface area contributed by atoms with Crippen LogP contribution in [0.15, 0.2) is 27.8 Å². The summed E-state index contributed by atoms with van der Waals surface area (Å²) < 4.78 is 10.3. The van der Waals surface area contributed by atoms with Gasteiger partial charge in [-0.25, -0.2) is 9.59 Å². The first kappa shape index (κ1) is 21.4. The molecule has 0 aliphatic rings. The van der Waals surface area contributed by atoms with E-state index in [4.69, 9.17) is 9.47 Å². The number of aromatic hydroxyl groups is 1. The van der Waals surface area contributed by atoms with Gasteiger partial charge in [0, 0.05) is 12.6 Å². The molecule has 0 atom stereocenters. The molecule has 0 unspecified atom stereocenters. The summed E-state index contributed by atoms with van der Waals surface area (Å²) in [6.07, 6.45) is 0. The van der Waals surface area contributed by atoms with Gasteiger partial charge < -0.3 is 19.9 Å². The van der Waals surface area contributed by atoms with Gasteiger partial charge in [0.05, 0.1) is 0 Å². The molecule has 0 saturated heterocycles. The third kappa shape index (κ3) is 5.54. The second-order valence-corrected chi connectivity index (χ2v) is 6.89. The van der Waals surface area contributed by atoms with Crippen LogP contribution in [0.3, 0.4) is 0 Å². The molecule has 1 aromatic carbocycles. The molecule has 0 spiro atoms. The topological polar surface area (TPSA) is 168 Å². The maximum absolute atomic E-state index is 12.5. The number of aromatic nitrogens is 2. The van der Waals surface area contributed by atoms with E-state index in [0.717, 1.165) is 6.92 Å². The molecule has 11 nitrogen and oxygen atoms in total. The van der Waals surface area contributed by atoms with Gasteiger partial charge in [0.15, 0.2) is 5.56 Å². The maximum Gasteiger partial charge on any atom is 0.342 e. The Bertz CT molecular complexity index is 1090. The lowest BCUT2D eigenvalue weighted by atomic mass is 10.1. The molecule has 2 rings (SSSR count). The second-order valence-electron chi connectivity index (χ2n) is 6.89. The fraction of sp³-hybridized carbons (Fsp3) is 0.278. The Kier molecular flexibility index (Phi) is 5.91. The average Bonchev–Trinajstić information content (AvgIpc) is 2.53. The molecule has 1 amide bonds. The van der Waals surface area contributed by atoms with Crippen LogP contribution < -0.4 is 21.3 Å². The summed E-state index contributed by atoms with van der Waals surface area (Å²) in [5, 5.41) is 12.0. The molecule has 154 valence electrons. The van der Waals surface area contributed by atoms with E-state index < -0.39 is 46.1 Å². The van der Waals surface area contributed by atoms with E-state index >= 15 is 0 Å². The van der Waals surface area contributed by atoms with Crippen LogP contribution >= 0.6 is 0 Å². The van der Waals surface area contributed by atoms with Crippen LogP contribution in [0.5, 0.6) is 11.6 Å². The Hall–Kier alpha value is -3.89. The van der Waals surface area contributed by atoms with E-state index in [-0.39, 0.29) is 17.0 Å². The molecule has 29 heavy (non-hydrogen) atoms. The summed E-state index contributed by atoms with van der Waals surface area (Å²) >= 11 is 0. The molecular weight excluding hydrogens is 386 g/mol. The molecule has 1 aromatic heterocycles. The molecule has 0 saturated carbocycles. The Balaban J connectivity index is 2.41. The summed E-state index contributed by atoms with van der Waals surface area (Å²) in [4.78, 5) is 62.6. The van der Waals surface area contributed by atoms with E-state index in [9.17, 15) is 29.1 Å². The number of ether oxygens (including phenoxy) is 2. The van der Waals surface area contributed by atoms with E-state index in [1.165, 1.54) is 18.2 Å². The van der Waals surface area contributed by atoms with Crippen LogP contribution in [0.4, 0.5) is 5.69 Å². The minimum atomic E-state index is -1.10. The van der Waals surface area contributed by atoms with Gasteiger partial charge in [0.2, 0.25) is 5.88 Å². The highest BCUT2D eigenvalue weighted by molar-refractivity contribution is 6.06. The first-order valence-electron chi connectivity index (χ1n) is 8.30. The summed E-state index contributed by atoms with van der Waals surface area (Å²) in [5.41, 5.74) is -3.76. The van der Waals surface area contributed by atoms with Crippen molar-refractivity contribution in [2.24, 2.45) is 0 Å². The molecule has 0 aliphatic carbocycles. The highest BCUT2D eigenvalue weighted by atomic mass is 16.6. The fourth-order valence-electron chi connectivity index (χ4n) is 2.22. The maximum atomic E-state index is 12.5. The molecule has 2 aromatic rings. The average molecular weight is 405 g/mol. The quantitative estimate of drug-likeness (QED) is 0.430. The van der Waals surface area contributed by atoms with Crippen molar-refractivity contribution in [3.05, 3.63) is 50.2 Å². The second kappa shape index (κ2) is 8.00. The first-order chi connectivity index (χ1) is 13.4. The smallest absolute Gasteiger partial charge is 0.342 e. The van der Waals surface area contributed by atoms with Crippen molar-refractivity contribution in [1.29, 1.82) is 0 Å². The van der Waals surface area contributed by atoms with Crippen molar-refractivity contribution in [2.45, 2.75) is 33.3 Å². The predicted molar refractivity (Wildman–Crippen MR) is 100 cm³/mol. The standard InChI is InChI=1S/C18H19N3O8/c1-8(22)28-11-6-5-9(7-10(11)16(26)29-18(2,3)4)19-13(23)12-14(24)20-17(27)21-15(12)25/h5-7H,1-4H3,(H,19,23)(H3,20,21,24,25,27). The van der Waals surface area contributed by atoms with E-state index in [0.29, 0.717) is 0 Å². The lowest BCUT2D eigenvalue weighted by Gasteiger charge is -2.20. The molecule has 1 heterocycles. The summed E-state index contributed by atoms with van der Waals surface area (Å²) in [6.45, 7) is 6.09. The van der Waals surface area contributed by atoms with Crippen LogP contribution in [0.2, 0.25) is 0 Å². The van der Waals surface area contributed by atoms with Gasteiger partial charge in [0.1, 0.15) is 16.9 Å². The zero-order chi connectivity index (χ0) is 21.9. The predicted octanol–water partition coefficient (Wildman–Crippen LogP) is 0.902. The normalized spacial score (nSPS) is 10.9. The minimum Gasteiger partial charge on any atom is -0.494 e. The zero-order valence-electron chi connectivity index (χ0n) is 16.0. The van der Waals surface area contributed by atoms with Gasteiger partial charge >= 0.3 is 17.6 Å². The number of carbonyl (C=O) groups is 3. The Morgan fingerprint density at radius 1 is 1.10 bits per heavy atom. The fourth-order valence-corrected chi connectivity index (χ4v) is 2.22. The summed E-state index contributed by atoms with van der Waals surface area (Å²) in [5.74, 6) is -3.53. The third-order valence-corrected chi connectivity index (χ3v) is 3.26. The van der Waals surface area contributed by atoms with Gasteiger partial charge in [0.25, 0.3) is 11.5 Å². The summed E-state index contributed by atoms with van der Waals surface area (Å²) in [6, 6.07) is 3.75. The van der Waals surface area contributed by atoms with E-state index in [2.05, 4.69) is 5.32 Å². The first-order valence-corrected chi connectivity index (χ1v) is 8.30. The molecule has 0 radical (unpaired) electrons. The molecule has 0 bridgehead atoms. The number of amides is 1. The molecule has 11 heteroatoms. The molecular formula is C18H19N3O8. The minimum absolute atomic E-state index is 0.0387. The van der Waals surface area contributed by atoms with Gasteiger partial charge in [-0.3, -0.25) is 24.4 Å². The van der Waals surface area contributed by atoms with Crippen molar-refractivity contribution < 1.29 is 29.0 Å². The van der Waals surface area contributed by atoms with Crippen LogP contribution in [0.1, 0.15) is 48.4 Å². The van der Waals surface area contributed by atoms with Crippen molar-refractivity contribution >= 4 is 23.5 Å². The SMILES string of the molecule is CC(=O)Oc1ccc(NC(=O)c2c(O)[nH]c(=O)[nH]c2=O)cc1C(=O)OC(C)(C)C. The van der Waals surface area contributed by atoms with E-state index in [1.807, 2.05) is 9.97 Å². The van der Waals surface area contributed by atoms with Crippen LogP contribution in [0, 0.1) is 0 Å². The van der Waals surface area contributed by atoms with Gasteiger partial charge in [-0.2, -0.15) is 0 Å². The molecule has 0 fully saturated rings. The lowest BCUT2D eigenvalue weighted by molar-refractivity contribution is -0.131. The zero-order valence-corrected chi connectivity index (χ0v) is 16.0. The van der Waals surface area contributed by atoms with Crippen molar-refractivity contribution in [2.75, 3.05) is 5.32 Å². The van der Waals surface area contributed by atoms with Crippen LogP contribution in [0.25, 0.3) is 0 Å². The highest BCUT2D eigenvalue weighted by Crippen LogP contribution is 2.26. The Morgan fingerprint density at radius 2 is 1.76 bits per heavy atom. The number of H-pyrrole nitrogens is 2. The van der Waals surface area contributed by atoms with Gasteiger partial charge in [-0.15, -0.1) is 0 Å². The third-order valence-electron chi connectivity index (χ3n) is 3.26. The number of hydrogen-bond donors (Lipinski definition) is 4. The number of benzene rings is 1. The number of rotatable bonds is 4. The summed E-state index contributed by atoms with van der Waals surface area (Å²) in [7, 11) is 0. The number of aromatic amines is 2. The number of nitrogens with one attached hydrogen (secondary N) is 3. The van der Waals surface area contributed by atoms with Crippen LogP contribution in [-0.2, 0) is 9.53 Å². The number of carbonyl (C=O) groups excluding carboxylic acids is 3. The van der Waals surface area contributed by atoms with Crippen molar-refractivity contribution in [1.82, 2.24) is 9.97 Å². The van der Waals surface area contributed by atoms with Crippen molar-refractivity contribution in [3.8, 4) is 11.6 Å². The number of anilines is 1. The largest absolute Gasteiger partial charge is 0.494 e. The van der Waals surface area contributed by atoms with E-state index in [1.54, 1.807) is 20.8 Å². The van der Waals surface area contributed by atoms with Crippen molar-refractivity contribution in [3.63, 3.8) is 0 Å². The molecule has 4 N–H and O–H groups in total. The van der Waals surface area contributed by atoms with Gasteiger partial charge in [-0.1, -0.05) is 0 Å². The highest BCUT2D eigenvalue weighted by Gasteiger charge is 2.24. The van der Waals surface area contributed by atoms with Gasteiger partial charge in [-0.05, 0) is 39.0 Å². The number of hydrogen-bond acceptors (Lipinski definition) is 8. The monoisotopic (exact) mass is 405 g/mol. The number of esters is 2. The molecule has 0 aliphatic heterocycles. The lowest BCUT2D eigenvalue weighted by Crippen LogP contribution is -2.30. The van der Waals surface area contributed by atoms with Crippen LogP contribution in [-0.4, -0.2) is 38.5 Å².